The van der Waals surface area contributed by atoms with Crippen molar-refractivity contribution in [3.8, 4) is 0 Å². The lowest BCUT2D eigenvalue weighted by atomic mass is 9.95. The molecule has 1 saturated heterocycles. The molecule has 2 aliphatic rings. The van der Waals surface area contributed by atoms with Gasteiger partial charge in [-0.05, 0) is 5.56 Å². The lowest BCUT2D eigenvalue weighted by Crippen LogP contribution is -2.40. The summed E-state index contributed by atoms with van der Waals surface area (Å²) in [5.41, 5.74) is 2.85. The van der Waals surface area contributed by atoms with Crippen LogP contribution in [0.1, 0.15) is 17.2 Å². The molecule has 1 fully saturated rings. The molecule has 4 nitrogen and oxygen atoms in total. The van der Waals surface area contributed by atoms with Gasteiger partial charge in [-0.25, -0.2) is 0 Å². The molecule has 0 aromatic heterocycles. The summed E-state index contributed by atoms with van der Waals surface area (Å²) in [6.07, 6.45) is 0. The van der Waals surface area contributed by atoms with E-state index in [1.165, 1.54) is 11.8 Å². The van der Waals surface area contributed by atoms with Crippen molar-refractivity contribution < 1.29 is 4.79 Å². The summed E-state index contributed by atoms with van der Waals surface area (Å²) in [6, 6.07) is 19.7. The quantitative estimate of drug-likeness (QED) is 0.837. The van der Waals surface area contributed by atoms with E-state index in [9.17, 15) is 4.79 Å². The maximum atomic E-state index is 12.3. The van der Waals surface area contributed by atoms with Crippen molar-refractivity contribution in [2.75, 3.05) is 5.75 Å². The van der Waals surface area contributed by atoms with Crippen molar-refractivity contribution in [3.63, 3.8) is 0 Å². The van der Waals surface area contributed by atoms with E-state index in [-0.39, 0.29) is 24.4 Å². The van der Waals surface area contributed by atoms with Crippen LogP contribution in [-0.2, 0) is 4.79 Å². The minimum atomic E-state index is -0.210. The molecule has 1 unspecified atom stereocenters. The summed E-state index contributed by atoms with van der Waals surface area (Å²) in [7, 11) is 0. The van der Waals surface area contributed by atoms with Gasteiger partial charge in [0.15, 0.2) is 5.17 Å². The fourth-order valence-corrected chi connectivity index (χ4v) is 3.58. The number of fused-ring (bicyclic) bond motifs is 1. The van der Waals surface area contributed by atoms with Crippen molar-refractivity contribution in [1.82, 2.24) is 4.90 Å². The van der Waals surface area contributed by atoms with E-state index in [0.29, 0.717) is 10.9 Å². The summed E-state index contributed by atoms with van der Waals surface area (Å²) < 4.78 is 0. The number of carbonyl (C=O) groups excluding carboxylic acids is 1. The fourth-order valence-electron chi connectivity index (χ4n) is 2.74. The van der Waals surface area contributed by atoms with Gasteiger partial charge >= 0.3 is 0 Å². The van der Waals surface area contributed by atoms with Gasteiger partial charge in [0.25, 0.3) is 0 Å². The maximum Gasteiger partial charge on any atom is 0.239 e. The second-order valence-electron chi connectivity index (χ2n) is 5.10. The number of halogens is 1. The molecule has 0 radical (unpaired) electrons. The highest BCUT2D eigenvalue weighted by Gasteiger charge is 2.40. The number of thioether (sulfide) groups is 1. The molecule has 0 spiro atoms. The molecule has 2 aromatic carbocycles. The lowest BCUT2D eigenvalue weighted by Gasteiger charge is -2.31. The Morgan fingerprint density at radius 3 is 2.30 bits per heavy atom. The molecular formula is C17H14ClN3OS. The second kappa shape index (κ2) is 6.56. The van der Waals surface area contributed by atoms with Crippen molar-refractivity contribution >= 4 is 41.0 Å². The number of carbonyl (C=O) groups is 1. The molecule has 0 saturated carbocycles. The van der Waals surface area contributed by atoms with E-state index in [1.54, 1.807) is 4.90 Å². The van der Waals surface area contributed by atoms with Crippen LogP contribution in [0.3, 0.4) is 0 Å². The highest BCUT2D eigenvalue weighted by atomic mass is 35.5. The van der Waals surface area contributed by atoms with E-state index in [4.69, 9.17) is 0 Å². The first-order chi connectivity index (χ1) is 10.8. The van der Waals surface area contributed by atoms with Crippen LogP contribution in [0.5, 0.6) is 0 Å². The first-order valence-electron chi connectivity index (χ1n) is 7.05. The smallest absolute Gasteiger partial charge is 0.239 e. The molecule has 6 heteroatoms. The molecule has 116 valence electrons. The van der Waals surface area contributed by atoms with Crippen molar-refractivity contribution in [2.24, 2.45) is 10.2 Å². The average molecular weight is 344 g/mol. The Bertz CT molecular complexity index is 777. The first kappa shape index (κ1) is 15.8. The molecular weight excluding hydrogens is 330 g/mol. The number of nitrogens with zero attached hydrogens (tertiary/aromatic N) is 3. The molecule has 2 heterocycles. The number of rotatable bonds is 2. The van der Waals surface area contributed by atoms with Crippen molar-refractivity contribution in [3.05, 3.63) is 71.8 Å². The Morgan fingerprint density at radius 1 is 0.957 bits per heavy atom. The minimum absolute atomic E-state index is 0. The number of hydrogen-bond acceptors (Lipinski definition) is 4. The standard InChI is InChI=1S/C17H13N3OS.ClH/c21-14-11-22-17-19-18-15(12-7-3-1-4-8-12)16(20(14)17)13-9-5-2-6-10-13;/h1-10,16H,11H2;1H. The van der Waals surface area contributed by atoms with Gasteiger partial charge in [-0.15, -0.1) is 22.6 Å². The molecule has 1 atom stereocenters. The van der Waals surface area contributed by atoms with Crippen LogP contribution in [0.4, 0.5) is 0 Å². The normalized spacial score (nSPS) is 19.6. The second-order valence-corrected chi connectivity index (χ2v) is 6.04. The van der Waals surface area contributed by atoms with Crippen LogP contribution >= 0.6 is 24.2 Å². The number of benzene rings is 2. The third kappa shape index (κ3) is 2.78. The molecule has 23 heavy (non-hydrogen) atoms. The van der Waals surface area contributed by atoms with Gasteiger partial charge in [-0.2, -0.15) is 0 Å². The molecule has 1 amide bonds. The van der Waals surface area contributed by atoms with Crippen molar-refractivity contribution in [1.29, 1.82) is 0 Å². The molecule has 0 bridgehead atoms. The largest absolute Gasteiger partial charge is 0.276 e. The third-order valence-electron chi connectivity index (χ3n) is 3.74. The Balaban J connectivity index is 0.00000156. The minimum Gasteiger partial charge on any atom is -0.276 e. The summed E-state index contributed by atoms with van der Waals surface area (Å²) in [4.78, 5) is 14.1. The van der Waals surface area contributed by atoms with E-state index in [1.807, 2.05) is 60.7 Å². The zero-order chi connectivity index (χ0) is 14.9. The van der Waals surface area contributed by atoms with Crippen LogP contribution in [0, 0.1) is 0 Å². The molecule has 4 rings (SSSR count). The maximum absolute atomic E-state index is 12.3. The van der Waals surface area contributed by atoms with Gasteiger partial charge < -0.3 is 0 Å². The summed E-state index contributed by atoms with van der Waals surface area (Å²) in [5, 5.41) is 9.37. The first-order valence-corrected chi connectivity index (χ1v) is 8.04. The Morgan fingerprint density at radius 2 is 1.61 bits per heavy atom. The lowest BCUT2D eigenvalue weighted by molar-refractivity contribution is -0.124. The highest BCUT2D eigenvalue weighted by molar-refractivity contribution is 8.15. The van der Waals surface area contributed by atoms with E-state index in [0.717, 1.165) is 16.8 Å². The van der Waals surface area contributed by atoms with Crippen LogP contribution in [-0.4, -0.2) is 27.4 Å². The van der Waals surface area contributed by atoms with Crippen LogP contribution in [0.25, 0.3) is 0 Å². The molecule has 2 aliphatic heterocycles. The van der Waals surface area contributed by atoms with E-state index in [2.05, 4.69) is 10.2 Å². The Kier molecular flexibility index (Phi) is 4.50. The average Bonchev–Trinajstić information content (AvgIpc) is 2.97. The predicted octanol–water partition coefficient (Wildman–Crippen LogP) is 3.50. The zero-order valence-electron chi connectivity index (χ0n) is 12.1. The highest BCUT2D eigenvalue weighted by Crippen LogP contribution is 2.35. The Labute approximate surface area is 144 Å². The predicted molar refractivity (Wildman–Crippen MR) is 96.1 cm³/mol. The van der Waals surface area contributed by atoms with Crippen molar-refractivity contribution in [2.45, 2.75) is 6.04 Å². The topological polar surface area (TPSA) is 45.0 Å². The van der Waals surface area contributed by atoms with Crippen LogP contribution < -0.4 is 0 Å². The van der Waals surface area contributed by atoms with Crippen LogP contribution in [0.2, 0.25) is 0 Å². The third-order valence-corrected chi connectivity index (χ3v) is 4.67. The van der Waals surface area contributed by atoms with E-state index >= 15 is 0 Å². The van der Waals surface area contributed by atoms with E-state index < -0.39 is 0 Å². The number of hydrogen-bond donors (Lipinski definition) is 0. The van der Waals surface area contributed by atoms with Crippen LogP contribution in [0.15, 0.2) is 70.9 Å². The number of amides is 1. The summed E-state index contributed by atoms with van der Waals surface area (Å²) in [6.45, 7) is 0. The van der Waals surface area contributed by atoms with Gasteiger partial charge in [-0.3, -0.25) is 9.69 Å². The van der Waals surface area contributed by atoms with Gasteiger partial charge in [0.2, 0.25) is 5.91 Å². The van der Waals surface area contributed by atoms with Gasteiger partial charge in [0.1, 0.15) is 6.04 Å². The van der Waals surface area contributed by atoms with Gasteiger partial charge in [-0.1, -0.05) is 72.4 Å². The summed E-state index contributed by atoms with van der Waals surface area (Å²) >= 11 is 1.45. The molecule has 0 N–H and O–H groups in total. The molecule has 2 aromatic rings. The Hall–Kier alpha value is -2.11. The zero-order valence-corrected chi connectivity index (χ0v) is 13.8. The molecule has 0 aliphatic carbocycles. The summed E-state index contributed by atoms with van der Waals surface area (Å²) in [5.74, 6) is 0.515. The number of amidine groups is 1. The SMILES string of the molecule is Cl.O=C1CSC2=NN=C(c3ccccc3)C(c3ccccc3)N12. The van der Waals surface area contributed by atoms with Gasteiger partial charge in [0, 0.05) is 5.56 Å². The monoisotopic (exact) mass is 343 g/mol. The fraction of sp³-hybridized carbons (Fsp3) is 0.118. The van der Waals surface area contributed by atoms with Gasteiger partial charge in [0.05, 0.1) is 11.5 Å².